The lowest BCUT2D eigenvalue weighted by Gasteiger charge is -2.16. The van der Waals surface area contributed by atoms with Crippen molar-refractivity contribution in [1.82, 2.24) is 10.2 Å². The maximum absolute atomic E-state index is 11.5. The SMILES string of the molecule is CC(C)N1C(=O)NC(CC(=O)O)C1=O. The van der Waals surface area contributed by atoms with Crippen molar-refractivity contribution < 1.29 is 19.5 Å². The van der Waals surface area contributed by atoms with Gasteiger partial charge in [0.05, 0.1) is 6.42 Å². The molecule has 6 nitrogen and oxygen atoms in total. The van der Waals surface area contributed by atoms with Crippen molar-refractivity contribution in [3.8, 4) is 0 Å². The van der Waals surface area contributed by atoms with E-state index >= 15 is 0 Å². The van der Waals surface area contributed by atoms with E-state index in [0.29, 0.717) is 0 Å². The number of imide groups is 1. The smallest absolute Gasteiger partial charge is 0.325 e. The molecule has 6 heteroatoms. The lowest BCUT2D eigenvalue weighted by atomic mass is 10.2. The second-order valence-electron chi connectivity index (χ2n) is 3.40. The Bertz CT molecular complexity index is 287. The van der Waals surface area contributed by atoms with Crippen LogP contribution in [-0.4, -0.2) is 40.0 Å². The highest BCUT2D eigenvalue weighted by atomic mass is 16.4. The van der Waals surface area contributed by atoms with Gasteiger partial charge in [-0.3, -0.25) is 14.5 Å². The highest BCUT2D eigenvalue weighted by Crippen LogP contribution is 2.12. The second-order valence-corrected chi connectivity index (χ2v) is 3.40. The summed E-state index contributed by atoms with van der Waals surface area (Å²) < 4.78 is 0. The van der Waals surface area contributed by atoms with E-state index in [1.165, 1.54) is 0 Å². The van der Waals surface area contributed by atoms with Crippen LogP contribution in [0.1, 0.15) is 20.3 Å². The molecule has 1 heterocycles. The quantitative estimate of drug-likeness (QED) is 0.617. The Labute approximate surface area is 80.9 Å². The lowest BCUT2D eigenvalue weighted by molar-refractivity contribution is -0.140. The van der Waals surface area contributed by atoms with Crippen LogP contribution in [0.15, 0.2) is 0 Å². The standard InChI is InChI=1S/C8H12N2O4/c1-4(2)10-7(13)5(3-6(11)12)9-8(10)14/h4-5H,3H2,1-2H3,(H,9,14)(H,11,12). The van der Waals surface area contributed by atoms with E-state index < -0.39 is 23.9 Å². The van der Waals surface area contributed by atoms with Crippen molar-refractivity contribution in [2.45, 2.75) is 32.4 Å². The third-order valence-corrected chi connectivity index (χ3v) is 1.95. The van der Waals surface area contributed by atoms with Crippen molar-refractivity contribution in [3.05, 3.63) is 0 Å². The van der Waals surface area contributed by atoms with E-state index in [2.05, 4.69) is 5.32 Å². The van der Waals surface area contributed by atoms with E-state index in [1.54, 1.807) is 13.8 Å². The van der Waals surface area contributed by atoms with Gasteiger partial charge >= 0.3 is 12.0 Å². The topological polar surface area (TPSA) is 86.7 Å². The van der Waals surface area contributed by atoms with E-state index in [1.807, 2.05) is 0 Å². The molecule has 1 fully saturated rings. The van der Waals surface area contributed by atoms with Crippen LogP contribution in [0.2, 0.25) is 0 Å². The fourth-order valence-corrected chi connectivity index (χ4v) is 1.35. The second kappa shape index (κ2) is 3.65. The van der Waals surface area contributed by atoms with Gasteiger partial charge in [-0.05, 0) is 13.8 Å². The number of carbonyl (C=O) groups is 3. The fraction of sp³-hybridized carbons (Fsp3) is 0.625. The predicted octanol–water partition coefficient (Wildman–Crippen LogP) is -0.210. The monoisotopic (exact) mass is 200 g/mol. The van der Waals surface area contributed by atoms with Crippen molar-refractivity contribution >= 4 is 17.9 Å². The number of hydrogen-bond acceptors (Lipinski definition) is 3. The first-order chi connectivity index (χ1) is 6.43. The van der Waals surface area contributed by atoms with Gasteiger partial charge in [-0.2, -0.15) is 0 Å². The number of urea groups is 1. The Morgan fingerprint density at radius 3 is 2.50 bits per heavy atom. The summed E-state index contributed by atoms with van der Waals surface area (Å²) in [6, 6.07) is -1.68. The minimum atomic E-state index is -1.10. The molecule has 0 aromatic carbocycles. The fourth-order valence-electron chi connectivity index (χ4n) is 1.35. The molecule has 1 saturated heterocycles. The largest absolute Gasteiger partial charge is 0.481 e. The minimum Gasteiger partial charge on any atom is -0.481 e. The van der Waals surface area contributed by atoms with Gasteiger partial charge in [0.15, 0.2) is 0 Å². The van der Waals surface area contributed by atoms with E-state index in [-0.39, 0.29) is 12.5 Å². The van der Waals surface area contributed by atoms with Gasteiger partial charge < -0.3 is 10.4 Å². The van der Waals surface area contributed by atoms with Crippen LogP contribution >= 0.6 is 0 Å². The average Bonchev–Trinajstić information content (AvgIpc) is 2.25. The maximum atomic E-state index is 11.5. The number of carboxylic acid groups (broad SMARTS) is 1. The molecule has 78 valence electrons. The van der Waals surface area contributed by atoms with Crippen LogP contribution in [0.25, 0.3) is 0 Å². The Morgan fingerprint density at radius 1 is 1.57 bits per heavy atom. The Kier molecular flexibility index (Phi) is 2.73. The zero-order chi connectivity index (χ0) is 10.9. The van der Waals surface area contributed by atoms with E-state index in [0.717, 1.165) is 4.90 Å². The summed E-state index contributed by atoms with van der Waals surface area (Å²) in [5.74, 6) is -1.57. The van der Waals surface area contributed by atoms with Gasteiger partial charge in [-0.15, -0.1) is 0 Å². The summed E-state index contributed by atoms with van der Waals surface area (Å²) in [4.78, 5) is 34.1. The van der Waals surface area contributed by atoms with Gasteiger partial charge in [0, 0.05) is 6.04 Å². The van der Waals surface area contributed by atoms with Crippen molar-refractivity contribution in [1.29, 1.82) is 0 Å². The molecule has 1 unspecified atom stereocenters. The summed E-state index contributed by atoms with van der Waals surface area (Å²) >= 11 is 0. The molecule has 0 bridgehead atoms. The highest BCUT2D eigenvalue weighted by molar-refractivity contribution is 6.05. The van der Waals surface area contributed by atoms with Gasteiger partial charge in [-0.25, -0.2) is 4.79 Å². The van der Waals surface area contributed by atoms with Crippen LogP contribution < -0.4 is 5.32 Å². The van der Waals surface area contributed by atoms with Crippen molar-refractivity contribution in [2.24, 2.45) is 0 Å². The highest BCUT2D eigenvalue weighted by Gasteiger charge is 2.40. The Hall–Kier alpha value is -1.59. The average molecular weight is 200 g/mol. The van der Waals surface area contributed by atoms with Crippen LogP contribution in [0.5, 0.6) is 0 Å². The zero-order valence-electron chi connectivity index (χ0n) is 7.98. The summed E-state index contributed by atoms with van der Waals surface area (Å²) in [6.07, 6.45) is -0.367. The summed E-state index contributed by atoms with van der Waals surface area (Å²) in [5, 5.41) is 10.8. The molecule has 0 aliphatic carbocycles. The third-order valence-electron chi connectivity index (χ3n) is 1.95. The van der Waals surface area contributed by atoms with Crippen LogP contribution in [0.3, 0.4) is 0 Å². The molecule has 0 radical (unpaired) electrons. The Balaban J connectivity index is 2.74. The lowest BCUT2D eigenvalue weighted by Crippen LogP contribution is -2.37. The van der Waals surface area contributed by atoms with Crippen molar-refractivity contribution in [2.75, 3.05) is 0 Å². The van der Waals surface area contributed by atoms with Gasteiger partial charge in [0.25, 0.3) is 5.91 Å². The number of rotatable bonds is 3. The molecule has 3 amide bonds. The molecule has 1 aliphatic rings. The molecule has 1 rings (SSSR count). The van der Waals surface area contributed by atoms with E-state index in [9.17, 15) is 14.4 Å². The Morgan fingerprint density at radius 2 is 2.14 bits per heavy atom. The van der Waals surface area contributed by atoms with E-state index in [4.69, 9.17) is 5.11 Å². The molecular weight excluding hydrogens is 188 g/mol. The number of nitrogens with zero attached hydrogens (tertiary/aromatic N) is 1. The predicted molar refractivity (Wildman–Crippen MR) is 46.6 cm³/mol. The maximum Gasteiger partial charge on any atom is 0.325 e. The molecule has 2 N–H and O–H groups in total. The van der Waals surface area contributed by atoms with Crippen LogP contribution in [0, 0.1) is 0 Å². The molecule has 0 aromatic heterocycles. The van der Waals surface area contributed by atoms with Gasteiger partial charge in [0.2, 0.25) is 0 Å². The van der Waals surface area contributed by atoms with Gasteiger partial charge in [-0.1, -0.05) is 0 Å². The van der Waals surface area contributed by atoms with Gasteiger partial charge in [0.1, 0.15) is 6.04 Å². The molecule has 0 spiro atoms. The molecule has 1 atom stereocenters. The molecule has 1 aliphatic heterocycles. The minimum absolute atomic E-state index is 0.249. The summed E-state index contributed by atoms with van der Waals surface area (Å²) in [6.45, 7) is 3.39. The number of aliphatic carboxylic acids is 1. The number of carbonyl (C=O) groups excluding carboxylic acids is 2. The third kappa shape index (κ3) is 1.84. The number of carboxylic acids is 1. The van der Waals surface area contributed by atoms with Crippen LogP contribution in [-0.2, 0) is 9.59 Å². The number of hydrogen-bond donors (Lipinski definition) is 2. The molecule has 14 heavy (non-hydrogen) atoms. The molecular formula is C8H12N2O4. The normalized spacial score (nSPS) is 21.6. The molecule has 0 aromatic rings. The number of amides is 3. The zero-order valence-corrected chi connectivity index (χ0v) is 7.98. The first-order valence-corrected chi connectivity index (χ1v) is 4.29. The molecule has 0 saturated carbocycles. The number of nitrogens with one attached hydrogen (secondary N) is 1. The summed E-state index contributed by atoms with van der Waals surface area (Å²) in [7, 11) is 0. The van der Waals surface area contributed by atoms with Crippen LogP contribution in [0.4, 0.5) is 4.79 Å². The summed E-state index contributed by atoms with van der Waals surface area (Å²) in [5.41, 5.74) is 0. The first kappa shape index (κ1) is 10.5. The van der Waals surface area contributed by atoms with Crippen molar-refractivity contribution in [3.63, 3.8) is 0 Å². The first-order valence-electron chi connectivity index (χ1n) is 4.29.